The molecule has 0 aliphatic heterocycles. The molecule has 1 aromatic carbocycles. The summed E-state index contributed by atoms with van der Waals surface area (Å²) in [5.41, 5.74) is 1.47. The van der Waals surface area contributed by atoms with Crippen LogP contribution in [-0.4, -0.2) is 36.1 Å². The number of benzene rings is 1. The molecule has 3 rings (SSSR count). The van der Waals surface area contributed by atoms with Crippen molar-refractivity contribution in [2.75, 3.05) is 20.8 Å². The average Bonchev–Trinajstić information content (AvgIpc) is 3.15. The normalized spacial score (nSPS) is 10.7. The number of thiazole rings is 1. The number of amides is 1. The zero-order valence-electron chi connectivity index (χ0n) is 12.9. The van der Waals surface area contributed by atoms with Crippen LogP contribution < -0.4 is 14.8 Å². The molecule has 0 saturated heterocycles. The summed E-state index contributed by atoms with van der Waals surface area (Å²) in [5, 5.41) is 4.88. The van der Waals surface area contributed by atoms with Crippen molar-refractivity contribution < 1.29 is 14.3 Å². The molecule has 6 nitrogen and oxygen atoms in total. The van der Waals surface area contributed by atoms with Crippen LogP contribution in [0.5, 0.6) is 11.5 Å². The maximum atomic E-state index is 12.2. The molecule has 2 aromatic heterocycles. The predicted octanol–water partition coefficient (Wildman–Crippen LogP) is 2.39. The van der Waals surface area contributed by atoms with Crippen LogP contribution in [0.4, 0.5) is 0 Å². The summed E-state index contributed by atoms with van der Waals surface area (Å²) in [4.78, 5) is 17.7. The zero-order chi connectivity index (χ0) is 16.2. The lowest BCUT2D eigenvalue weighted by atomic mass is 10.2. The first kappa shape index (κ1) is 15.4. The van der Waals surface area contributed by atoms with Crippen molar-refractivity contribution in [2.24, 2.45) is 0 Å². The molecule has 2 heterocycles. The third-order valence-corrected chi connectivity index (χ3v) is 4.19. The van der Waals surface area contributed by atoms with Crippen LogP contribution in [0.15, 0.2) is 36.0 Å². The van der Waals surface area contributed by atoms with Crippen molar-refractivity contribution in [3.8, 4) is 11.5 Å². The third kappa shape index (κ3) is 3.45. The Morgan fingerprint density at radius 1 is 1.26 bits per heavy atom. The van der Waals surface area contributed by atoms with Crippen molar-refractivity contribution in [3.05, 3.63) is 47.2 Å². The third-order valence-electron chi connectivity index (χ3n) is 3.42. The highest BCUT2D eigenvalue weighted by Crippen LogP contribution is 2.22. The zero-order valence-corrected chi connectivity index (χ0v) is 13.7. The number of carbonyl (C=O) groups excluding carboxylic acids is 1. The number of nitrogens with one attached hydrogen (secondary N) is 1. The Bertz CT molecular complexity index is 774. The molecule has 1 N–H and O–H groups in total. The van der Waals surface area contributed by atoms with Crippen molar-refractivity contribution in [2.45, 2.75) is 6.42 Å². The first-order valence-electron chi connectivity index (χ1n) is 7.12. The Morgan fingerprint density at radius 3 is 2.65 bits per heavy atom. The van der Waals surface area contributed by atoms with Crippen LogP contribution in [-0.2, 0) is 6.42 Å². The lowest BCUT2D eigenvalue weighted by molar-refractivity contribution is 0.0953. The van der Waals surface area contributed by atoms with E-state index in [9.17, 15) is 4.79 Å². The standard InChI is InChI=1S/C16H17N3O3S/c1-21-13-7-11(8-14(9-13)22-2)15(20)17-4-3-12-10-19-5-6-23-16(19)18-12/h5-10H,3-4H2,1-2H3,(H,17,20). The van der Waals surface area contributed by atoms with Crippen LogP contribution >= 0.6 is 11.3 Å². The minimum atomic E-state index is -0.164. The van der Waals surface area contributed by atoms with E-state index >= 15 is 0 Å². The van der Waals surface area contributed by atoms with Gasteiger partial charge in [0.15, 0.2) is 4.96 Å². The molecule has 0 bridgehead atoms. The summed E-state index contributed by atoms with van der Waals surface area (Å²) in [7, 11) is 3.11. The second-order valence-corrected chi connectivity index (χ2v) is 5.81. The highest BCUT2D eigenvalue weighted by molar-refractivity contribution is 7.15. The van der Waals surface area contributed by atoms with Gasteiger partial charge in [0.25, 0.3) is 5.91 Å². The van der Waals surface area contributed by atoms with E-state index in [4.69, 9.17) is 9.47 Å². The molecule has 0 spiro atoms. The molecule has 120 valence electrons. The summed E-state index contributed by atoms with van der Waals surface area (Å²) in [6, 6.07) is 5.10. The Balaban J connectivity index is 1.61. The van der Waals surface area contributed by atoms with Gasteiger partial charge in [-0.3, -0.25) is 9.20 Å². The fourth-order valence-electron chi connectivity index (χ4n) is 2.24. The van der Waals surface area contributed by atoms with Gasteiger partial charge in [0, 0.05) is 42.4 Å². The number of aromatic nitrogens is 2. The number of nitrogens with zero attached hydrogens (tertiary/aromatic N) is 2. The van der Waals surface area contributed by atoms with Gasteiger partial charge in [-0.25, -0.2) is 4.98 Å². The maximum absolute atomic E-state index is 12.2. The highest BCUT2D eigenvalue weighted by Gasteiger charge is 2.10. The lowest BCUT2D eigenvalue weighted by Crippen LogP contribution is -2.25. The van der Waals surface area contributed by atoms with Gasteiger partial charge in [0.05, 0.1) is 19.9 Å². The van der Waals surface area contributed by atoms with E-state index in [-0.39, 0.29) is 5.91 Å². The van der Waals surface area contributed by atoms with E-state index in [0.717, 1.165) is 10.7 Å². The summed E-state index contributed by atoms with van der Waals surface area (Å²) in [5.74, 6) is 1.01. The van der Waals surface area contributed by atoms with E-state index in [0.29, 0.717) is 30.0 Å². The minimum absolute atomic E-state index is 0.164. The van der Waals surface area contributed by atoms with Crippen molar-refractivity contribution in [3.63, 3.8) is 0 Å². The molecular formula is C16H17N3O3S. The Kier molecular flexibility index (Phi) is 4.47. The predicted molar refractivity (Wildman–Crippen MR) is 88.7 cm³/mol. The number of carbonyl (C=O) groups is 1. The number of hydrogen-bond donors (Lipinski definition) is 1. The molecule has 0 aliphatic rings. The van der Waals surface area contributed by atoms with Gasteiger partial charge in [-0.2, -0.15) is 0 Å². The monoisotopic (exact) mass is 331 g/mol. The van der Waals surface area contributed by atoms with E-state index in [1.165, 1.54) is 0 Å². The second-order valence-electron chi connectivity index (χ2n) is 4.93. The van der Waals surface area contributed by atoms with Gasteiger partial charge in [-0.05, 0) is 12.1 Å². The average molecular weight is 331 g/mol. The summed E-state index contributed by atoms with van der Waals surface area (Å²) < 4.78 is 12.3. The molecule has 0 radical (unpaired) electrons. The number of imidazole rings is 1. The summed E-state index contributed by atoms with van der Waals surface area (Å²) >= 11 is 1.59. The first-order chi connectivity index (χ1) is 11.2. The maximum Gasteiger partial charge on any atom is 0.251 e. The van der Waals surface area contributed by atoms with Crippen molar-refractivity contribution in [1.29, 1.82) is 0 Å². The molecule has 7 heteroatoms. The van der Waals surface area contributed by atoms with Crippen molar-refractivity contribution >= 4 is 22.2 Å². The van der Waals surface area contributed by atoms with Gasteiger partial charge in [0.2, 0.25) is 0 Å². The molecule has 0 saturated carbocycles. The molecule has 23 heavy (non-hydrogen) atoms. The van der Waals surface area contributed by atoms with Crippen LogP contribution in [0.3, 0.4) is 0 Å². The van der Waals surface area contributed by atoms with Crippen LogP contribution in [0, 0.1) is 0 Å². The molecular weight excluding hydrogens is 314 g/mol. The molecule has 0 atom stereocenters. The van der Waals surface area contributed by atoms with Gasteiger partial charge >= 0.3 is 0 Å². The minimum Gasteiger partial charge on any atom is -0.497 e. The molecule has 0 aliphatic carbocycles. The summed E-state index contributed by atoms with van der Waals surface area (Å²) in [6.45, 7) is 0.517. The highest BCUT2D eigenvalue weighted by atomic mass is 32.1. The van der Waals surface area contributed by atoms with Crippen LogP contribution in [0.1, 0.15) is 16.1 Å². The number of rotatable bonds is 6. The van der Waals surface area contributed by atoms with Gasteiger partial charge in [-0.15, -0.1) is 11.3 Å². The number of fused-ring (bicyclic) bond motifs is 1. The fourth-order valence-corrected chi connectivity index (χ4v) is 2.96. The fraction of sp³-hybridized carbons (Fsp3) is 0.250. The lowest BCUT2D eigenvalue weighted by Gasteiger charge is -2.09. The second kappa shape index (κ2) is 6.70. The molecule has 3 aromatic rings. The summed E-state index contributed by atoms with van der Waals surface area (Å²) in [6.07, 6.45) is 4.63. The van der Waals surface area contributed by atoms with E-state index in [1.54, 1.807) is 43.8 Å². The quantitative estimate of drug-likeness (QED) is 0.753. The van der Waals surface area contributed by atoms with Crippen LogP contribution in [0.25, 0.3) is 4.96 Å². The number of ether oxygens (including phenoxy) is 2. The van der Waals surface area contributed by atoms with Gasteiger partial charge in [-0.1, -0.05) is 0 Å². The topological polar surface area (TPSA) is 64.9 Å². The Labute approximate surface area is 137 Å². The van der Waals surface area contributed by atoms with Gasteiger partial charge < -0.3 is 14.8 Å². The van der Waals surface area contributed by atoms with Gasteiger partial charge in [0.1, 0.15) is 11.5 Å². The number of methoxy groups -OCH3 is 2. The Morgan fingerprint density at radius 2 is 2.00 bits per heavy atom. The first-order valence-corrected chi connectivity index (χ1v) is 8.00. The van der Waals surface area contributed by atoms with E-state index in [1.807, 2.05) is 22.2 Å². The van der Waals surface area contributed by atoms with E-state index < -0.39 is 0 Å². The van der Waals surface area contributed by atoms with Crippen molar-refractivity contribution in [1.82, 2.24) is 14.7 Å². The number of hydrogen-bond acceptors (Lipinski definition) is 5. The largest absolute Gasteiger partial charge is 0.497 e. The molecule has 0 fully saturated rings. The smallest absolute Gasteiger partial charge is 0.251 e. The SMILES string of the molecule is COc1cc(OC)cc(C(=O)NCCc2cn3ccsc3n2)c1. The Hall–Kier alpha value is -2.54. The molecule has 1 amide bonds. The molecule has 0 unspecified atom stereocenters. The van der Waals surface area contributed by atoms with E-state index in [2.05, 4.69) is 10.3 Å². The van der Waals surface area contributed by atoms with Crippen LogP contribution in [0.2, 0.25) is 0 Å².